The number of aryl methyl sites for hydroxylation is 1. The fourth-order valence-electron chi connectivity index (χ4n) is 2.03. The molecule has 94 valence electrons. The van der Waals surface area contributed by atoms with Crippen LogP contribution < -0.4 is 10.5 Å². The fraction of sp³-hybridized carbons (Fsp3) is 0.455. The average molecular weight is 263 g/mol. The second-order valence-electron chi connectivity index (χ2n) is 4.44. The highest BCUT2D eigenvalue weighted by molar-refractivity contribution is 7.09. The number of nitrogens with zero attached hydrogens (tertiary/aromatic N) is 5. The van der Waals surface area contributed by atoms with E-state index in [2.05, 4.69) is 19.4 Å². The Labute approximate surface area is 108 Å². The Kier molecular flexibility index (Phi) is 2.83. The molecule has 0 amide bonds. The highest BCUT2D eigenvalue weighted by atomic mass is 32.1. The summed E-state index contributed by atoms with van der Waals surface area (Å²) in [5.41, 5.74) is -0.0392. The summed E-state index contributed by atoms with van der Waals surface area (Å²) in [5.74, 6) is 1.28. The van der Waals surface area contributed by atoms with Crippen molar-refractivity contribution in [1.29, 1.82) is 0 Å². The monoisotopic (exact) mass is 263 g/mol. The topological polar surface area (TPSA) is 63.9 Å². The van der Waals surface area contributed by atoms with Gasteiger partial charge in [-0.15, -0.1) is 0 Å². The molecule has 1 aliphatic rings. The quantitative estimate of drug-likeness (QED) is 0.808. The molecule has 1 aliphatic heterocycles. The highest BCUT2D eigenvalue weighted by Crippen LogP contribution is 2.26. The summed E-state index contributed by atoms with van der Waals surface area (Å²) in [7, 11) is 0. The molecule has 0 N–H and O–H groups in total. The molecular weight excluding hydrogens is 250 g/mol. The lowest BCUT2D eigenvalue weighted by molar-refractivity contribution is 0.334. The van der Waals surface area contributed by atoms with Gasteiger partial charge in [0.05, 0.1) is 6.54 Å². The molecule has 1 saturated heterocycles. The van der Waals surface area contributed by atoms with Crippen molar-refractivity contribution in [2.45, 2.75) is 13.5 Å². The van der Waals surface area contributed by atoms with Crippen LogP contribution in [0.4, 0.5) is 5.13 Å². The Morgan fingerprint density at radius 1 is 1.50 bits per heavy atom. The van der Waals surface area contributed by atoms with Gasteiger partial charge in [0, 0.05) is 42.8 Å². The van der Waals surface area contributed by atoms with Gasteiger partial charge in [0.2, 0.25) is 5.13 Å². The molecule has 7 heteroatoms. The third kappa shape index (κ3) is 2.13. The summed E-state index contributed by atoms with van der Waals surface area (Å²) in [6, 6.07) is 3.20. The van der Waals surface area contributed by atoms with Crippen LogP contribution in [0.5, 0.6) is 0 Å². The lowest BCUT2D eigenvalue weighted by atomic mass is 10.0. The van der Waals surface area contributed by atoms with Crippen molar-refractivity contribution in [2.24, 2.45) is 5.92 Å². The molecular formula is C11H13N5OS. The van der Waals surface area contributed by atoms with E-state index in [4.69, 9.17) is 0 Å². The highest BCUT2D eigenvalue weighted by Gasteiger charge is 2.29. The first-order chi connectivity index (χ1) is 8.72. The van der Waals surface area contributed by atoms with E-state index in [1.165, 1.54) is 22.3 Å². The van der Waals surface area contributed by atoms with Gasteiger partial charge in [-0.2, -0.15) is 9.47 Å². The summed E-state index contributed by atoms with van der Waals surface area (Å²) < 4.78 is 5.69. The molecule has 0 aromatic carbocycles. The van der Waals surface area contributed by atoms with Crippen LogP contribution in [0.25, 0.3) is 0 Å². The molecule has 18 heavy (non-hydrogen) atoms. The number of hydrogen-bond donors (Lipinski definition) is 0. The number of aromatic nitrogens is 4. The predicted octanol–water partition coefficient (Wildman–Crippen LogP) is 0.540. The number of anilines is 1. The molecule has 1 fully saturated rings. The van der Waals surface area contributed by atoms with Crippen LogP contribution in [-0.4, -0.2) is 32.2 Å². The van der Waals surface area contributed by atoms with E-state index < -0.39 is 0 Å². The summed E-state index contributed by atoms with van der Waals surface area (Å²) in [6.07, 6.45) is 1.64. The Bertz CT molecular complexity index is 601. The van der Waals surface area contributed by atoms with E-state index in [9.17, 15) is 4.79 Å². The zero-order chi connectivity index (χ0) is 12.5. The van der Waals surface area contributed by atoms with Crippen LogP contribution >= 0.6 is 11.5 Å². The van der Waals surface area contributed by atoms with Gasteiger partial charge < -0.3 is 4.90 Å². The van der Waals surface area contributed by atoms with Crippen molar-refractivity contribution in [3.05, 3.63) is 34.5 Å². The number of hydrogen-bond acceptors (Lipinski definition) is 6. The van der Waals surface area contributed by atoms with E-state index in [1.54, 1.807) is 12.3 Å². The van der Waals surface area contributed by atoms with Crippen LogP contribution in [0.1, 0.15) is 5.82 Å². The molecule has 3 rings (SSSR count). The Morgan fingerprint density at radius 2 is 2.33 bits per heavy atom. The first-order valence-corrected chi connectivity index (χ1v) is 6.57. The van der Waals surface area contributed by atoms with E-state index in [0.29, 0.717) is 12.5 Å². The van der Waals surface area contributed by atoms with Crippen LogP contribution in [0.3, 0.4) is 0 Å². The van der Waals surface area contributed by atoms with Crippen molar-refractivity contribution >= 4 is 16.7 Å². The summed E-state index contributed by atoms with van der Waals surface area (Å²) >= 11 is 1.43. The van der Waals surface area contributed by atoms with Crippen molar-refractivity contribution in [3.63, 3.8) is 0 Å². The minimum Gasteiger partial charge on any atom is -0.346 e. The molecule has 0 radical (unpaired) electrons. The summed E-state index contributed by atoms with van der Waals surface area (Å²) in [5, 5.41) is 5.03. The first-order valence-electron chi connectivity index (χ1n) is 5.80. The number of rotatable bonds is 3. The Balaban J connectivity index is 1.60. The summed E-state index contributed by atoms with van der Waals surface area (Å²) in [4.78, 5) is 18.0. The maximum Gasteiger partial charge on any atom is 0.266 e. The van der Waals surface area contributed by atoms with Gasteiger partial charge in [0.1, 0.15) is 5.82 Å². The fourth-order valence-corrected chi connectivity index (χ4v) is 2.72. The minimum atomic E-state index is -0.0392. The van der Waals surface area contributed by atoms with E-state index in [0.717, 1.165) is 24.0 Å². The van der Waals surface area contributed by atoms with Crippen LogP contribution in [-0.2, 0) is 6.54 Å². The Morgan fingerprint density at radius 3 is 3.00 bits per heavy atom. The molecule has 0 atom stereocenters. The van der Waals surface area contributed by atoms with Gasteiger partial charge in [0.25, 0.3) is 5.56 Å². The second kappa shape index (κ2) is 4.49. The minimum absolute atomic E-state index is 0.0392. The molecule has 2 aromatic rings. The predicted molar refractivity (Wildman–Crippen MR) is 68.8 cm³/mol. The van der Waals surface area contributed by atoms with Gasteiger partial charge in [0.15, 0.2) is 0 Å². The maximum absolute atomic E-state index is 11.5. The van der Waals surface area contributed by atoms with Gasteiger partial charge in [-0.1, -0.05) is 0 Å². The van der Waals surface area contributed by atoms with Gasteiger partial charge in [-0.05, 0) is 13.0 Å². The van der Waals surface area contributed by atoms with Crippen molar-refractivity contribution < 1.29 is 0 Å². The molecule has 0 aliphatic carbocycles. The van der Waals surface area contributed by atoms with E-state index in [-0.39, 0.29) is 5.56 Å². The normalized spacial score (nSPS) is 15.7. The maximum atomic E-state index is 11.5. The molecule has 3 heterocycles. The lowest BCUT2D eigenvalue weighted by Gasteiger charge is -2.38. The van der Waals surface area contributed by atoms with Crippen LogP contribution in [0, 0.1) is 12.8 Å². The van der Waals surface area contributed by atoms with Crippen molar-refractivity contribution in [2.75, 3.05) is 18.0 Å². The van der Waals surface area contributed by atoms with Gasteiger partial charge >= 0.3 is 0 Å². The molecule has 0 spiro atoms. The molecule has 6 nitrogen and oxygen atoms in total. The molecule has 0 saturated carbocycles. The molecule has 0 unspecified atom stereocenters. The molecule has 0 bridgehead atoms. The molecule has 2 aromatic heterocycles. The van der Waals surface area contributed by atoms with Crippen LogP contribution in [0.15, 0.2) is 23.1 Å². The second-order valence-corrected chi connectivity index (χ2v) is 5.17. The average Bonchev–Trinajstić information content (AvgIpc) is 2.71. The third-order valence-electron chi connectivity index (χ3n) is 2.96. The van der Waals surface area contributed by atoms with Crippen LogP contribution in [0.2, 0.25) is 0 Å². The zero-order valence-corrected chi connectivity index (χ0v) is 10.8. The van der Waals surface area contributed by atoms with Gasteiger partial charge in [-0.25, -0.2) is 9.67 Å². The van der Waals surface area contributed by atoms with E-state index >= 15 is 0 Å². The van der Waals surface area contributed by atoms with Gasteiger partial charge in [-0.3, -0.25) is 4.79 Å². The SMILES string of the molecule is Cc1nsc(N2CC(Cn3ncccc3=O)C2)n1. The summed E-state index contributed by atoms with van der Waals surface area (Å²) in [6.45, 7) is 4.40. The smallest absolute Gasteiger partial charge is 0.266 e. The lowest BCUT2D eigenvalue weighted by Crippen LogP contribution is -2.49. The standard InChI is InChI=1S/C11H13N5OS/c1-8-13-11(18-14-8)15-5-9(6-15)7-16-10(17)3-2-4-12-16/h2-4,9H,5-7H2,1H3. The third-order valence-corrected chi connectivity index (χ3v) is 3.83. The largest absolute Gasteiger partial charge is 0.346 e. The van der Waals surface area contributed by atoms with Crippen molar-refractivity contribution in [3.8, 4) is 0 Å². The van der Waals surface area contributed by atoms with Crippen molar-refractivity contribution in [1.82, 2.24) is 19.1 Å². The van der Waals surface area contributed by atoms with E-state index in [1.807, 2.05) is 6.92 Å². The Hall–Kier alpha value is -1.76. The first kappa shape index (κ1) is 11.3. The zero-order valence-electron chi connectivity index (χ0n) is 9.98.